The van der Waals surface area contributed by atoms with Gasteiger partial charge in [0.2, 0.25) is 0 Å². The second kappa shape index (κ2) is 6.75. The minimum atomic E-state index is -0.468. The largest absolute Gasteiger partial charge is 0.497 e. The van der Waals surface area contributed by atoms with Gasteiger partial charge in [-0.1, -0.05) is 6.08 Å². The predicted molar refractivity (Wildman–Crippen MR) is 80.8 cm³/mol. The van der Waals surface area contributed by atoms with Gasteiger partial charge in [0.25, 0.3) is 5.91 Å². The highest BCUT2D eigenvalue weighted by atomic mass is 16.5. The van der Waals surface area contributed by atoms with Crippen molar-refractivity contribution < 1.29 is 19.1 Å². The first-order chi connectivity index (χ1) is 10.6. The van der Waals surface area contributed by atoms with Crippen LogP contribution in [0.1, 0.15) is 10.6 Å². The average Bonchev–Trinajstić information content (AvgIpc) is 2.87. The molecule has 0 aliphatic heterocycles. The van der Waals surface area contributed by atoms with Crippen LogP contribution in [0, 0.1) is 0 Å². The van der Waals surface area contributed by atoms with Crippen molar-refractivity contribution >= 4 is 22.9 Å². The van der Waals surface area contributed by atoms with E-state index in [4.69, 9.17) is 4.74 Å². The lowest BCUT2D eigenvalue weighted by atomic mass is 10.3. The maximum atomic E-state index is 12.1. The summed E-state index contributed by atoms with van der Waals surface area (Å²) < 4.78 is 11.3. The molecule has 1 amide bonds. The molecule has 0 spiro atoms. The maximum absolute atomic E-state index is 12.1. The Morgan fingerprint density at radius 2 is 2.14 bits per heavy atom. The summed E-state index contributed by atoms with van der Waals surface area (Å²) >= 11 is 0. The highest BCUT2D eigenvalue weighted by Gasteiger charge is 2.15. The second-order valence-corrected chi connectivity index (χ2v) is 4.48. The number of fused-ring (bicyclic) bond motifs is 1. The van der Waals surface area contributed by atoms with Crippen molar-refractivity contribution in [1.82, 2.24) is 14.9 Å². The summed E-state index contributed by atoms with van der Waals surface area (Å²) in [5, 5.41) is 2.66. The van der Waals surface area contributed by atoms with Gasteiger partial charge in [-0.2, -0.15) is 0 Å². The van der Waals surface area contributed by atoms with Crippen LogP contribution >= 0.6 is 0 Å². The molecule has 1 heterocycles. The van der Waals surface area contributed by atoms with Crippen LogP contribution in [-0.4, -0.2) is 42.2 Å². The number of nitrogens with one attached hydrogen (secondary N) is 1. The number of methoxy groups -OCH3 is 2. The van der Waals surface area contributed by atoms with Gasteiger partial charge in [0.1, 0.15) is 5.75 Å². The molecule has 0 saturated carbocycles. The molecule has 0 bridgehead atoms. The van der Waals surface area contributed by atoms with E-state index in [0.717, 1.165) is 5.52 Å². The van der Waals surface area contributed by atoms with Crippen molar-refractivity contribution in [2.45, 2.75) is 0 Å². The standard InChI is InChI=1S/C15H17N3O4/c1-18-12-7-6-10(21-2)9-11(12)17-14(18)15(20)16-8-4-5-13(19)22-3/h4-7,9H,8H2,1-3H3,(H,16,20)/b5-4+. The van der Waals surface area contributed by atoms with Gasteiger partial charge in [0.05, 0.1) is 25.3 Å². The van der Waals surface area contributed by atoms with Crippen molar-refractivity contribution in [2.24, 2.45) is 7.05 Å². The number of hydrogen-bond acceptors (Lipinski definition) is 5. The van der Waals surface area contributed by atoms with Crippen LogP contribution in [0.4, 0.5) is 0 Å². The lowest BCUT2D eigenvalue weighted by Crippen LogP contribution is -2.26. The SMILES string of the molecule is COC(=O)/C=C/CNC(=O)c1nc2cc(OC)ccc2n1C. The number of rotatable bonds is 5. The highest BCUT2D eigenvalue weighted by Crippen LogP contribution is 2.20. The number of imidazole rings is 1. The fourth-order valence-electron chi connectivity index (χ4n) is 1.96. The number of aryl methyl sites for hydroxylation is 1. The zero-order chi connectivity index (χ0) is 16.1. The van der Waals surface area contributed by atoms with Gasteiger partial charge in [-0.15, -0.1) is 0 Å². The van der Waals surface area contributed by atoms with E-state index in [1.54, 1.807) is 24.8 Å². The van der Waals surface area contributed by atoms with E-state index in [2.05, 4.69) is 15.0 Å². The van der Waals surface area contributed by atoms with Crippen LogP contribution in [0.3, 0.4) is 0 Å². The molecule has 2 aromatic rings. The Balaban J connectivity index is 2.13. The molecule has 7 nitrogen and oxygen atoms in total. The van der Waals surface area contributed by atoms with Gasteiger partial charge < -0.3 is 19.4 Å². The molecule has 0 aliphatic carbocycles. The number of carbonyl (C=O) groups is 2. The molecule has 0 saturated heterocycles. The van der Waals surface area contributed by atoms with Crippen LogP contribution in [0.5, 0.6) is 5.75 Å². The van der Waals surface area contributed by atoms with Gasteiger partial charge in [-0.25, -0.2) is 9.78 Å². The molecule has 1 N–H and O–H groups in total. The molecular weight excluding hydrogens is 286 g/mol. The Hall–Kier alpha value is -2.83. The van der Waals surface area contributed by atoms with Crippen molar-refractivity contribution in [3.63, 3.8) is 0 Å². The topological polar surface area (TPSA) is 82.4 Å². The number of hydrogen-bond donors (Lipinski definition) is 1. The number of benzene rings is 1. The molecule has 1 aromatic heterocycles. The van der Waals surface area contributed by atoms with Crippen LogP contribution in [0.2, 0.25) is 0 Å². The molecule has 116 valence electrons. The first kappa shape index (κ1) is 15.6. The van der Waals surface area contributed by atoms with E-state index in [1.165, 1.54) is 19.3 Å². The number of nitrogens with zero attached hydrogens (tertiary/aromatic N) is 2. The first-order valence-electron chi connectivity index (χ1n) is 6.60. The monoisotopic (exact) mass is 303 g/mol. The summed E-state index contributed by atoms with van der Waals surface area (Å²) in [6.07, 6.45) is 2.76. The van der Waals surface area contributed by atoms with Crippen LogP contribution in [0.25, 0.3) is 11.0 Å². The molecule has 0 aliphatic rings. The summed E-state index contributed by atoms with van der Waals surface area (Å²) in [4.78, 5) is 27.3. The van der Waals surface area contributed by atoms with Crippen LogP contribution in [-0.2, 0) is 16.6 Å². The van der Waals surface area contributed by atoms with E-state index in [0.29, 0.717) is 11.3 Å². The summed E-state index contributed by atoms with van der Waals surface area (Å²) in [6, 6.07) is 5.42. The first-order valence-corrected chi connectivity index (χ1v) is 6.60. The van der Waals surface area contributed by atoms with Crippen LogP contribution < -0.4 is 10.1 Å². The molecule has 7 heteroatoms. The van der Waals surface area contributed by atoms with Gasteiger partial charge in [0, 0.05) is 25.7 Å². The second-order valence-electron chi connectivity index (χ2n) is 4.48. The Labute approximate surface area is 127 Å². The molecule has 0 unspecified atom stereocenters. The Morgan fingerprint density at radius 1 is 1.36 bits per heavy atom. The minimum Gasteiger partial charge on any atom is -0.497 e. The zero-order valence-electron chi connectivity index (χ0n) is 12.6. The van der Waals surface area contributed by atoms with E-state index in [9.17, 15) is 9.59 Å². The molecule has 0 fully saturated rings. The van der Waals surface area contributed by atoms with E-state index >= 15 is 0 Å². The molecular formula is C15H17N3O4. The fraction of sp³-hybridized carbons (Fsp3) is 0.267. The third-order valence-corrected chi connectivity index (χ3v) is 3.13. The predicted octanol–water partition coefficient (Wildman–Crippen LogP) is 1.04. The molecule has 22 heavy (non-hydrogen) atoms. The Kier molecular flexibility index (Phi) is 4.77. The van der Waals surface area contributed by atoms with Gasteiger partial charge in [0.15, 0.2) is 5.82 Å². The Morgan fingerprint density at radius 3 is 2.82 bits per heavy atom. The van der Waals surface area contributed by atoms with E-state index < -0.39 is 5.97 Å². The van der Waals surface area contributed by atoms with Gasteiger partial charge in [-0.05, 0) is 12.1 Å². The van der Waals surface area contributed by atoms with Crippen molar-refractivity contribution in [2.75, 3.05) is 20.8 Å². The van der Waals surface area contributed by atoms with Crippen LogP contribution in [0.15, 0.2) is 30.4 Å². The number of aromatic nitrogens is 2. The number of amides is 1. The van der Waals surface area contributed by atoms with Crippen molar-refractivity contribution in [3.05, 3.63) is 36.2 Å². The lowest BCUT2D eigenvalue weighted by Gasteiger charge is -2.02. The van der Waals surface area contributed by atoms with Gasteiger partial charge >= 0.3 is 5.97 Å². The normalized spacial score (nSPS) is 10.9. The quantitative estimate of drug-likeness (QED) is 0.659. The number of esters is 1. The summed E-state index contributed by atoms with van der Waals surface area (Å²) in [5.74, 6) is 0.171. The molecule has 1 aromatic carbocycles. The molecule has 0 atom stereocenters. The summed E-state index contributed by atoms with van der Waals surface area (Å²) in [7, 11) is 4.63. The third-order valence-electron chi connectivity index (χ3n) is 3.13. The van der Waals surface area contributed by atoms with Gasteiger partial charge in [-0.3, -0.25) is 4.79 Å². The van der Waals surface area contributed by atoms with E-state index in [1.807, 2.05) is 12.1 Å². The smallest absolute Gasteiger partial charge is 0.330 e. The minimum absolute atomic E-state index is 0.209. The number of carbonyl (C=O) groups excluding carboxylic acids is 2. The lowest BCUT2D eigenvalue weighted by molar-refractivity contribution is -0.134. The zero-order valence-corrected chi connectivity index (χ0v) is 12.6. The number of ether oxygens (including phenoxy) is 2. The van der Waals surface area contributed by atoms with Crippen molar-refractivity contribution in [1.29, 1.82) is 0 Å². The highest BCUT2D eigenvalue weighted by molar-refractivity contribution is 5.95. The Bertz CT molecular complexity index is 734. The van der Waals surface area contributed by atoms with Crippen molar-refractivity contribution in [3.8, 4) is 5.75 Å². The summed E-state index contributed by atoms with van der Waals surface area (Å²) in [6.45, 7) is 0.209. The fourth-order valence-corrected chi connectivity index (χ4v) is 1.96. The summed E-state index contributed by atoms with van der Waals surface area (Å²) in [5.41, 5.74) is 1.51. The average molecular weight is 303 g/mol. The molecule has 2 rings (SSSR count). The maximum Gasteiger partial charge on any atom is 0.330 e. The van der Waals surface area contributed by atoms with E-state index in [-0.39, 0.29) is 18.3 Å². The third kappa shape index (κ3) is 3.25. The molecule has 0 radical (unpaired) electrons.